The zero-order valence-electron chi connectivity index (χ0n) is 11.1. The number of aryl methyl sites for hydroxylation is 2. The Balaban J connectivity index is 2.45. The lowest BCUT2D eigenvalue weighted by atomic mass is 10.2. The lowest BCUT2D eigenvalue weighted by Crippen LogP contribution is -2.07. The van der Waals surface area contributed by atoms with Crippen LogP contribution in [0.25, 0.3) is 0 Å². The molecule has 0 saturated carbocycles. The number of hydrogen-bond donors (Lipinski definition) is 0. The van der Waals surface area contributed by atoms with Crippen molar-refractivity contribution in [2.24, 2.45) is 4.99 Å². The molecule has 0 radical (unpaired) electrons. The second-order valence-electron chi connectivity index (χ2n) is 4.13. The fraction of sp³-hybridized carbons (Fsp3) is 0.286. The molecule has 94 valence electrons. The fourth-order valence-electron chi connectivity index (χ4n) is 1.94. The van der Waals surface area contributed by atoms with Crippen LogP contribution in [0.1, 0.15) is 18.3 Å². The summed E-state index contributed by atoms with van der Waals surface area (Å²) in [5.41, 5.74) is 1.91. The number of para-hydroxylation sites is 1. The zero-order valence-corrected chi connectivity index (χ0v) is 11.1. The quantitative estimate of drug-likeness (QED) is 0.600. The van der Waals surface area contributed by atoms with Gasteiger partial charge >= 0.3 is 0 Å². The van der Waals surface area contributed by atoms with E-state index in [1.807, 2.05) is 49.7 Å². The summed E-state index contributed by atoms with van der Waals surface area (Å²) in [6.07, 6.45) is 3.66. The number of rotatable bonds is 2. The average molecular weight is 243 g/mol. The molecule has 0 spiro atoms. The summed E-state index contributed by atoms with van der Waals surface area (Å²) in [6.45, 7) is 5.92. The molecule has 0 fully saturated rings. The van der Waals surface area contributed by atoms with Crippen molar-refractivity contribution in [2.45, 2.75) is 20.8 Å². The number of ether oxygens (including phenoxy) is 1. The summed E-state index contributed by atoms with van der Waals surface area (Å²) in [4.78, 5) is 8.80. The van der Waals surface area contributed by atoms with Crippen LogP contribution in [0, 0.1) is 13.8 Å². The van der Waals surface area contributed by atoms with Gasteiger partial charge in [0.25, 0.3) is 0 Å². The van der Waals surface area contributed by atoms with Crippen LogP contribution in [0.5, 0.6) is 5.75 Å². The number of methoxy groups -OCH3 is 1. The largest absolute Gasteiger partial charge is 0.494 e. The van der Waals surface area contributed by atoms with Gasteiger partial charge in [-0.3, -0.25) is 4.57 Å². The highest BCUT2D eigenvalue weighted by Crippen LogP contribution is 2.30. The van der Waals surface area contributed by atoms with E-state index < -0.39 is 0 Å². The molecule has 2 rings (SSSR count). The first-order valence-electron chi connectivity index (χ1n) is 5.82. The molecule has 0 atom stereocenters. The third-order valence-corrected chi connectivity index (χ3v) is 2.85. The van der Waals surface area contributed by atoms with Crippen LogP contribution in [0.4, 0.5) is 5.69 Å². The molecule has 1 heterocycles. The van der Waals surface area contributed by atoms with Crippen molar-refractivity contribution in [3.8, 4) is 5.75 Å². The smallest absolute Gasteiger partial charge is 0.147 e. The number of benzene rings is 1. The van der Waals surface area contributed by atoms with E-state index in [0.717, 1.165) is 28.7 Å². The molecular formula is C14H17N3O. The normalized spacial score (nSPS) is 11.7. The van der Waals surface area contributed by atoms with E-state index in [9.17, 15) is 0 Å². The van der Waals surface area contributed by atoms with Crippen LogP contribution in [0.2, 0.25) is 0 Å². The Kier molecular flexibility index (Phi) is 3.46. The zero-order chi connectivity index (χ0) is 13.1. The maximum absolute atomic E-state index is 5.39. The van der Waals surface area contributed by atoms with Crippen molar-refractivity contribution < 1.29 is 4.74 Å². The highest BCUT2D eigenvalue weighted by atomic mass is 16.5. The Morgan fingerprint density at radius 3 is 2.72 bits per heavy atom. The van der Waals surface area contributed by atoms with Crippen LogP contribution >= 0.6 is 0 Å². The van der Waals surface area contributed by atoms with Crippen molar-refractivity contribution in [1.82, 2.24) is 9.55 Å². The van der Waals surface area contributed by atoms with E-state index in [-0.39, 0.29) is 0 Å². The van der Waals surface area contributed by atoms with Gasteiger partial charge in [0.15, 0.2) is 0 Å². The number of aromatic nitrogens is 2. The molecule has 4 heteroatoms. The van der Waals surface area contributed by atoms with Gasteiger partial charge in [-0.25, -0.2) is 9.98 Å². The molecule has 2 aromatic rings. The third kappa shape index (κ3) is 2.27. The van der Waals surface area contributed by atoms with Gasteiger partial charge in [0.1, 0.15) is 23.1 Å². The van der Waals surface area contributed by atoms with Crippen molar-refractivity contribution in [1.29, 1.82) is 0 Å². The summed E-state index contributed by atoms with van der Waals surface area (Å²) in [5, 5.41) is 0. The molecule has 4 nitrogen and oxygen atoms in total. The maximum atomic E-state index is 5.39. The molecule has 1 aromatic heterocycles. The molecular weight excluding hydrogens is 226 g/mol. The molecule has 1 aromatic carbocycles. The summed E-state index contributed by atoms with van der Waals surface area (Å²) in [5.74, 6) is 2.60. The molecule has 0 aliphatic rings. The Labute approximate surface area is 107 Å². The molecule has 0 unspecified atom stereocenters. The maximum Gasteiger partial charge on any atom is 0.147 e. The van der Waals surface area contributed by atoms with Gasteiger partial charge in [-0.2, -0.15) is 0 Å². The lowest BCUT2D eigenvalue weighted by Gasteiger charge is -2.09. The van der Waals surface area contributed by atoms with Crippen LogP contribution in [-0.2, 0) is 0 Å². The second kappa shape index (κ2) is 5.04. The molecule has 0 amide bonds. The number of aliphatic imine (C=N–C) groups is 1. The Morgan fingerprint density at radius 2 is 2.11 bits per heavy atom. The minimum atomic E-state index is 0.814. The van der Waals surface area contributed by atoms with E-state index in [1.54, 1.807) is 13.3 Å². The molecule has 0 saturated heterocycles. The minimum absolute atomic E-state index is 0.814. The van der Waals surface area contributed by atoms with Crippen molar-refractivity contribution >= 4 is 11.5 Å². The molecule has 18 heavy (non-hydrogen) atoms. The van der Waals surface area contributed by atoms with Gasteiger partial charge in [-0.1, -0.05) is 12.1 Å². The SMILES string of the molecule is COc1c(C)cccc1N=C(C)n1ccnc1C. The number of hydrogen-bond acceptors (Lipinski definition) is 3. The topological polar surface area (TPSA) is 39.4 Å². The highest BCUT2D eigenvalue weighted by Gasteiger charge is 2.06. The standard InChI is InChI=1S/C14H17N3O/c1-10-6-5-7-13(14(10)18-4)16-12(3)17-9-8-15-11(17)2/h5-9H,1-4H3. The predicted molar refractivity (Wildman–Crippen MR) is 72.9 cm³/mol. The lowest BCUT2D eigenvalue weighted by molar-refractivity contribution is 0.413. The highest BCUT2D eigenvalue weighted by molar-refractivity contribution is 5.86. The summed E-state index contributed by atoms with van der Waals surface area (Å²) >= 11 is 0. The van der Waals surface area contributed by atoms with Gasteiger partial charge in [0, 0.05) is 12.4 Å². The first kappa shape index (κ1) is 12.4. The minimum Gasteiger partial charge on any atom is -0.494 e. The van der Waals surface area contributed by atoms with Crippen molar-refractivity contribution in [3.05, 3.63) is 42.0 Å². The third-order valence-electron chi connectivity index (χ3n) is 2.85. The fourth-order valence-corrected chi connectivity index (χ4v) is 1.94. The molecule has 0 aliphatic carbocycles. The van der Waals surface area contributed by atoms with Gasteiger partial charge in [0.05, 0.1) is 7.11 Å². The van der Waals surface area contributed by atoms with Gasteiger partial charge < -0.3 is 4.74 Å². The Hall–Kier alpha value is -2.10. The van der Waals surface area contributed by atoms with E-state index in [2.05, 4.69) is 9.98 Å². The van der Waals surface area contributed by atoms with Gasteiger partial charge in [-0.15, -0.1) is 0 Å². The molecule has 0 bridgehead atoms. The van der Waals surface area contributed by atoms with Crippen molar-refractivity contribution in [2.75, 3.05) is 7.11 Å². The summed E-state index contributed by atoms with van der Waals surface area (Å²) in [7, 11) is 1.67. The summed E-state index contributed by atoms with van der Waals surface area (Å²) < 4.78 is 7.34. The van der Waals surface area contributed by atoms with Crippen LogP contribution in [0.15, 0.2) is 35.6 Å². The Morgan fingerprint density at radius 1 is 1.33 bits per heavy atom. The van der Waals surface area contributed by atoms with Crippen molar-refractivity contribution in [3.63, 3.8) is 0 Å². The van der Waals surface area contributed by atoms with Crippen LogP contribution in [0.3, 0.4) is 0 Å². The number of nitrogens with zero attached hydrogens (tertiary/aromatic N) is 3. The van der Waals surface area contributed by atoms with E-state index in [4.69, 9.17) is 4.74 Å². The number of imidazole rings is 1. The van der Waals surface area contributed by atoms with E-state index >= 15 is 0 Å². The Bertz CT molecular complexity index is 584. The van der Waals surface area contributed by atoms with E-state index in [0.29, 0.717) is 0 Å². The summed E-state index contributed by atoms with van der Waals surface area (Å²) in [6, 6.07) is 5.93. The molecule has 0 aliphatic heterocycles. The first-order chi connectivity index (χ1) is 8.63. The van der Waals surface area contributed by atoms with Crippen LogP contribution < -0.4 is 4.74 Å². The van der Waals surface area contributed by atoms with Gasteiger partial charge in [-0.05, 0) is 32.4 Å². The monoisotopic (exact) mass is 243 g/mol. The van der Waals surface area contributed by atoms with Gasteiger partial charge in [0.2, 0.25) is 0 Å². The predicted octanol–water partition coefficient (Wildman–Crippen LogP) is 3.11. The molecule has 0 N–H and O–H groups in total. The second-order valence-corrected chi connectivity index (χ2v) is 4.13. The van der Waals surface area contributed by atoms with E-state index in [1.165, 1.54) is 0 Å². The van der Waals surface area contributed by atoms with Crippen LogP contribution in [-0.4, -0.2) is 22.5 Å². The first-order valence-corrected chi connectivity index (χ1v) is 5.82. The average Bonchev–Trinajstić information content (AvgIpc) is 2.76.